The third-order valence-electron chi connectivity index (χ3n) is 5.55. The SMILES string of the molecule is CCNC(=NCCS(=O)(=O)NCC1CCCCO1)N1CCC(N(CC)CC)C1. The molecule has 2 atom stereocenters. The lowest BCUT2D eigenvalue weighted by Gasteiger charge is -2.27. The van der Waals surface area contributed by atoms with Gasteiger partial charge in [-0.1, -0.05) is 13.8 Å². The van der Waals surface area contributed by atoms with Crippen LogP contribution in [-0.2, 0) is 14.8 Å². The summed E-state index contributed by atoms with van der Waals surface area (Å²) in [6.45, 7) is 12.6. The van der Waals surface area contributed by atoms with E-state index in [0.29, 0.717) is 12.6 Å². The van der Waals surface area contributed by atoms with E-state index < -0.39 is 10.0 Å². The number of hydrogen-bond acceptors (Lipinski definition) is 5. The second kappa shape index (κ2) is 11.9. The van der Waals surface area contributed by atoms with Crippen LogP contribution in [-0.4, -0.2) is 94.5 Å². The summed E-state index contributed by atoms with van der Waals surface area (Å²) in [6.07, 6.45) is 4.22. The van der Waals surface area contributed by atoms with Crippen molar-refractivity contribution in [2.24, 2.45) is 4.99 Å². The van der Waals surface area contributed by atoms with Gasteiger partial charge in [-0.15, -0.1) is 0 Å². The van der Waals surface area contributed by atoms with Gasteiger partial charge < -0.3 is 15.0 Å². The fourth-order valence-corrected chi connectivity index (χ4v) is 4.85. The summed E-state index contributed by atoms with van der Waals surface area (Å²) in [6, 6.07) is 0.541. The van der Waals surface area contributed by atoms with Crippen molar-refractivity contribution in [3.05, 3.63) is 0 Å². The van der Waals surface area contributed by atoms with Gasteiger partial charge in [-0.3, -0.25) is 9.89 Å². The van der Waals surface area contributed by atoms with Crippen molar-refractivity contribution < 1.29 is 13.2 Å². The molecule has 2 saturated heterocycles. The molecule has 2 aliphatic rings. The van der Waals surface area contributed by atoms with E-state index in [1.165, 1.54) is 0 Å². The van der Waals surface area contributed by atoms with Crippen molar-refractivity contribution in [2.45, 2.75) is 58.6 Å². The minimum Gasteiger partial charge on any atom is -0.377 e. The highest BCUT2D eigenvalue weighted by atomic mass is 32.2. The van der Waals surface area contributed by atoms with Gasteiger partial charge in [0.25, 0.3) is 0 Å². The second-order valence-electron chi connectivity index (χ2n) is 7.50. The molecule has 2 N–H and O–H groups in total. The zero-order chi connectivity index (χ0) is 20.4. The molecule has 0 radical (unpaired) electrons. The average molecular weight is 418 g/mol. The van der Waals surface area contributed by atoms with E-state index in [9.17, 15) is 8.42 Å². The number of rotatable bonds is 10. The predicted molar refractivity (Wildman–Crippen MR) is 114 cm³/mol. The normalized spacial score (nSPS) is 24.1. The topological polar surface area (TPSA) is 86.3 Å². The van der Waals surface area contributed by atoms with Crippen molar-refractivity contribution in [3.8, 4) is 0 Å². The second-order valence-corrected chi connectivity index (χ2v) is 9.43. The third kappa shape index (κ3) is 7.50. The molecule has 0 aromatic heterocycles. The van der Waals surface area contributed by atoms with Crippen LogP contribution < -0.4 is 10.0 Å². The van der Waals surface area contributed by atoms with E-state index in [-0.39, 0.29) is 18.4 Å². The molecule has 0 bridgehead atoms. The van der Waals surface area contributed by atoms with Gasteiger partial charge in [-0.25, -0.2) is 13.1 Å². The van der Waals surface area contributed by atoms with Crippen LogP contribution in [0, 0.1) is 0 Å². The van der Waals surface area contributed by atoms with E-state index in [4.69, 9.17) is 4.74 Å². The van der Waals surface area contributed by atoms with Crippen molar-refractivity contribution in [3.63, 3.8) is 0 Å². The molecule has 9 heteroatoms. The Bertz CT molecular complexity index is 574. The maximum absolute atomic E-state index is 12.3. The van der Waals surface area contributed by atoms with Gasteiger partial charge >= 0.3 is 0 Å². The highest BCUT2D eigenvalue weighted by Crippen LogP contribution is 2.15. The molecule has 2 unspecified atom stereocenters. The highest BCUT2D eigenvalue weighted by Gasteiger charge is 2.28. The molecule has 0 saturated carbocycles. The molecular formula is C19H39N5O3S. The van der Waals surface area contributed by atoms with Gasteiger partial charge in [0.15, 0.2) is 5.96 Å². The van der Waals surface area contributed by atoms with Gasteiger partial charge in [0.05, 0.1) is 18.4 Å². The number of likely N-dealkylation sites (tertiary alicyclic amines) is 1. The minimum absolute atomic E-state index is 0.00191. The van der Waals surface area contributed by atoms with Gasteiger partial charge in [0.1, 0.15) is 0 Å². The largest absolute Gasteiger partial charge is 0.377 e. The van der Waals surface area contributed by atoms with Crippen molar-refractivity contribution >= 4 is 16.0 Å². The molecule has 0 spiro atoms. The Morgan fingerprint density at radius 3 is 2.64 bits per heavy atom. The number of ether oxygens (including phenoxy) is 1. The molecule has 164 valence electrons. The van der Waals surface area contributed by atoms with Crippen molar-refractivity contribution in [1.29, 1.82) is 0 Å². The summed E-state index contributed by atoms with van der Waals surface area (Å²) in [5.74, 6) is 0.824. The molecule has 8 nitrogen and oxygen atoms in total. The fraction of sp³-hybridized carbons (Fsp3) is 0.947. The average Bonchev–Trinajstić information content (AvgIpc) is 3.17. The standard InChI is InChI=1S/C19H39N5O3S/c1-4-20-19(24-12-10-17(16-24)23(5-2)6-3)21-11-14-28(25,26)22-15-18-9-7-8-13-27-18/h17-18,22H,4-16H2,1-3H3,(H,20,21). The first-order valence-corrected chi connectivity index (χ1v) is 12.5. The van der Waals surface area contributed by atoms with Crippen LogP contribution in [0.5, 0.6) is 0 Å². The Balaban J connectivity index is 1.82. The van der Waals surface area contributed by atoms with Crippen LogP contribution >= 0.6 is 0 Å². The van der Waals surface area contributed by atoms with Crippen LogP contribution in [0.4, 0.5) is 0 Å². The van der Waals surface area contributed by atoms with Gasteiger partial charge in [0, 0.05) is 38.8 Å². The Morgan fingerprint density at radius 1 is 1.21 bits per heavy atom. The molecule has 28 heavy (non-hydrogen) atoms. The molecule has 2 fully saturated rings. The van der Waals surface area contributed by atoms with Gasteiger partial charge in [-0.2, -0.15) is 0 Å². The number of nitrogens with one attached hydrogen (secondary N) is 2. The maximum atomic E-state index is 12.3. The van der Waals surface area contributed by atoms with Gasteiger partial charge in [0.2, 0.25) is 10.0 Å². The van der Waals surface area contributed by atoms with Crippen LogP contribution in [0.1, 0.15) is 46.5 Å². The molecule has 0 aromatic rings. The number of guanidine groups is 1. The lowest BCUT2D eigenvalue weighted by Crippen LogP contribution is -2.43. The van der Waals surface area contributed by atoms with E-state index in [2.05, 4.69) is 38.7 Å². The van der Waals surface area contributed by atoms with Crippen molar-refractivity contribution in [2.75, 3.05) is 58.2 Å². The molecule has 2 aliphatic heterocycles. The summed E-state index contributed by atoms with van der Waals surface area (Å²) < 4.78 is 32.8. The van der Waals surface area contributed by atoms with E-state index in [0.717, 1.165) is 71.0 Å². The first kappa shape index (κ1) is 23.4. The van der Waals surface area contributed by atoms with Crippen LogP contribution in [0.15, 0.2) is 4.99 Å². The van der Waals surface area contributed by atoms with E-state index >= 15 is 0 Å². The zero-order valence-corrected chi connectivity index (χ0v) is 18.6. The summed E-state index contributed by atoms with van der Waals surface area (Å²) in [5, 5.41) is 3.31. The Labute approximate surface area is 171 Å². The minimum atomic E-state index is -3.34. The first-order chi connectivity index (χ1) is 13.5. The molecule has 0 aliphatic carbocycles. The summed E-state index contributed by atoms with van der Waals surface area (Å²) in [4.78, 5) is 9.31. The number of hydrogen-bond donors (Lipinski definition) is 2. The van der Waals surface area contributed by atoms with Crippen LogP contribution in [0.2, 0.25) is 0 Å². The van der Waals surface area contributed by atoms with Gasteiger partial charge in [-0.05, 0) is 45.7 Å². The number of aliphatic imine (C=N–C) groups is 1. The lowest BCUT2D eigenvalue weighted by atomic mass is 10.1. The molecule has 2 heterocycles. The molecule has 0 amide bonds. The highest BCUT2D eigenvalue weighted by molar-refractivity contribution is 7.89. The summed E-state index contributed by atoms with van der Waals surface area (Å²) >= 11 is 0. The fourth-order valence-electron chi connectivity index (χ4n) is 3.93. The Hall–Kier alpha value is -0.900. The number of nitrogens with zero attached hydrogens (tertiary/aromatic N) is 3. The predicted octanol–water partition coefficient (Wildman–Crippen LogP) is 0.857. The molecule has 0 aromatic carbocycles. The monoisotopic (exact) mass is 417 g/mol. The van der Waals surface area contributed by atoms with Crippen LogP contribution in [0.25, 0.3) is 0 Å². The quantitative estimate of drug-likeness (QED) is 0.405. The van der Waals surface area contributed by atoms with Crippen molar-refractivity contribution in [1.82, 2.24) is 19.8 Å². The first-order valence-electron chi connectivity index (χ1n) is 10.8. The van der Waals surface area contributed by atoms with E-state index in [1.54, 1.807) is 0 Å². The Kier molecular flexibility index (Phi) is 9.98. The summed E-state index contributed by atoms with van der Waals surface area (Å²) in [7, 11) is -3.34. The number of likely N-dealkylation sites (N-methyl/N-ethyl adjacent to an activating group) is 1. The lowest BCUT2D eigenvalue weighted by molar-refractivity contribution is 0.0200. The third-order valence-corrected chi connectivity index (χ3v) is 6.88. The smallest absolute Gasteiger partial charge is 0.213 e. The summed E-state index contributed by atoms with van der Waals surface area (Å²) in [5.41, 5.74) is 0. The van der Waals surface area contributed by atoms with E-state index in [1.807, 2.05) is 6.92 Å². The Morgan fingerprint density at radius 2 is 2.00 bits per heavy atom. The number of sulfonamides is 1. The van der Waals surface area contributed by atoms with Crippen LogP contribution in [0.3, 0.4) is 0 Å². The zero-order valence-electron chi connectivity index (χ0n) is 17.8. The molecular weight excluding hydrogens is 378 g/mol. The maximum Gasteiger partial charge on any atom is 0.213 e. The molecule has 2 rings (SSSR count).